The molecule has 1 aliphatic heterocycles. The first-order chi connectivity index (χ1) is 13.3. The van der Waals surface area contributed by atoms with E-state index in [2.05, 4.69) is 5.32 Å². The van der Waals surface area contributed by atoms with E-state index in [9.17, 15) is 16.8 Å². The van der Waals surface area contributed by atoms with Crippen LogP contribution in [-0.4, -0.2) is 60.4 Å². The van der Waals surface area contributed by atoms with E-state index >= 15 is 0 Å². The van der Waals surface area contributed by atoms with Gasteiger partial charge in [0.1, 0.15) is 4.21 Å². The van der Waals surface area contributed by atoms with Crippen molar-refractivity contribution in [2.24, 2.45) is 0 Å². The first-order valence-corrected chi connectivity index (χ1v) is 12.9. The van der Waals surface area contributed by atoms with Crippen molar-refractivity contribution in [1.82, 2.24) is 5.32 Å². The predicted molar refractivity (Wildman–Crippen MR) is 109 cm³/mol. The van der Waals surface area contributed by atoms with Crippen molar-refractivity contribution in [3.63, 3.8) is 0 Å². The Bertz CT molecular complexity index is 1020. The highest BCUT2D eigenvalue weighted by atomic mass is 32.2. The average molecular weight is 446 g/mol. The zero-order chi connectivity index (χ0) is 20.4. The standard InChI is InChI=1S/C18H23NO6S3/c1-24-15-6-5-13(10-16(15)25-2)7-8-19-14-11-27(20,21)12-17(14)28(22,23)18-4-3-9-26-18/h3-6,9-10,14,17,19H,7-8,11-12H2,1-2H3/t14-,17-/m0/s1. The lowest BCUT2D eigenvalue weighted by atomic mass is 10.1. The summed E-state index contributed by atoms with van der Waals surface area (Å²) in [4.78, 5) is 0. The molecule has 1 aliphatic rings. The van der Waals surface area contributed by atoms with E-state index in [-0.39, 0.29) is 15.7 Å². The Balaban J connectivity index is 1.70. The molecule has 28 heavy (non-hydrogen) atoms. The summed E-state index contributed by atoms with van der Waals surface area (Å²) in [5, 5.41) is 3.85. The van der Waals surface area contributed by atoms with Gasteiger partial charge in [-0.15, -0.1) is 11.3 Å². The zero-order valence-electron chi connectivity index (χ0n) is 15.6. The highest BCUT2D eigenvalue weighted by Gasteiger charge is 2.45. The maximum absolute atomic E-state index is 12.9. The molecule has 0 spiro atoms. The van der Waals surface area contributed by atoms with Gasteiger partial charge in [0.15, 0.2) is 31.2 Å². The Labute approximate surface area is 169 Å². The summed E-state index contributed by atoms with van der Waals surface area (Å²) in [5.41, 5.74) is 0.976. The van der Waals surface area contributed by atoms with Crippen LogP contribution >= 0.6 is 11.3 Å². The smallest absolute Gasteiger partial charge is 0.193 e. The van der Waals surface area contributed by atoms with Crippen LogP contribution in [0.4, 0.5) is 0 Å². The SMILES string of the molecule is COc1ccc(CCN[C@H]2CS(=O)(=O)C[C@@H]2S(=O)(=O)c2cccs2)cc1OC. The number of hydrogen-bond donors (Lipinski definition) is 1. The molecule has 1 N–H and O–H groups in total. The van der Waals surface area contributed by atoms with E-state index in [1.54, 1.807) is 31.7 Å². The van der Waals surface area contributed by atoms with Crippen LogP contribution < -0.4 is 14.8 Å². The molecule has 2 heterocycles. The Morgan fingerprint density at radius 3 is 2.54 bits per heavy atom. The molecule has 0 radical (unpaired) electrons. The summed E-state index contributed by atoms with van der Waals surface area (Å²) in [6.07, 6.45) is 0.600. The van der Waals surface area contributed by atoms with Crippen LogP contribution in [0.3, 0.4) is 0 Å². The number of hydrogen-bond acceptors (Lipinski definition) is 8. The zero-order valence-corrected chi connectivity index (χ0v) is 18.1. The minimum absolute atomic E-state index is 0.172. The molecule has 0 amide bonds. The van der Waals surface area contributed by atoms with Crippen molar-refractivity contribution in [3.8, 4) is 11.5 Å². The Kier molecular flexibility index (Phi) is 6.33. The number of nitrogens with one attached hydrogen (secondary N) is 1. The summed E-state index contributed by atoms with van der Waals surface area (Å²) >= 11 is 1.11. The van der Waals surface area contributed by atoms with E-state index in [1.165, 1.54) is 6.07 Å². The number of ether oxygens (including phenoxy) is 2. The molecule has 1 aromatic carbocycles. The average Bonchev–Trinajstić information content (AvgIpc) is 3.30. The molecule has 3 rings (SSSR count). The van der Waals surface area contributed by atoms with E-state index in [1.807, 2.05) is 12.1 Å². The summed E-state index contributed by atoms with van der Waals surface area (Å²) in [7, 11) is -3.98. The molecule has 7 nitrogen and oxygen atoms in total. The maximum Gasteiger partial charge on any atom is 0.193 e. The molecule has 0 bridgehead atoms. The highest BCUT2D eigenvalue weighted by Crippen LogP contribution is 2.29. The van der Waals surface area contributed by atoms with Crippen LogP contribution in [0.1, 0.15) is 5.56 Å². The van der Waals surface area contributed by atoms with Gasteiger partial charge in [0, 0.05) is 6.04 Å². The van der Waals surface area contributed by atoms with E-state index in [4.69, 9.17) is 9.47 Å². The van der Waals surface area contributed by atoms with Crippen molar-refractivity contribution < 1.29 is 26.3 Å². The summed E-state index contributed by atoms with van der Waals surface area (Å²) in [6, 6.07) is 8.10. The van der Waals surface area contributed by atoms with Gasteiger partial charge < -0.3 is 14.8 Å². The second-order valence-electron chi connectivity index (χ2n) is 6.59. The summed E-state index contributed by atoms with van der Waals surface area (Å²) in [5.74, 6) is 0.722. The van der Waals surface area contributed by atoms with Crippen molar-refractivity contribution in [3.05, 3.63) is 41.3 Å². The Morgan fingerprint density at radius 2 is 1.89 bits per heavy atom. The molecule has 154 valence electrons. The summed E-state index contributed by atoms with van der Waals surface area (Å²) < 4.78 is 60.7. The molecule has 1 fully saturated rings. The summed E-state index contributed by atoms with van der Waals surface area (Å²) in [6.45, 7) is 0.451. The van der Waals surface area contributed by atoms with Gasteiger partial charge in [0.2, 0.25) is 0 Å². The Hall–Kier alpha value is -1.62. The second kappa shape index (κ2) is 8.40. The number of methoxy groups -OCH3 is 2. The fourth-order valence-electron chi connectivity index (χ4n) is 3.32. The number of benzene rings is 1. The van der Waals surface area contributed by atoms with Crippen LogP contribution in [0.2, 0.25) is 0 Å². The van der Waals surface area contributed by atoms with Crippen molar-refractivity contribution >= 4 is 31.0 Å². The molecule has 10 heteroatoms. The number of thiophene rings is 1. The van der Waals surface area contributed by atoms with Crippen molar-refractivity contribution in [2.75, 3.05) is 32.3 Å². The molecule has 2 aromatic rings. The van der Waals surface area contributed by atoms with E-state index in [0.717, 1.165) is 16.9 Å². The third-order valence-corrected chi connectivity index (χ3v) is 10.3. The lowest BCUT2D eigenvalue weighted by Crippen LogP contribution is -2.43. The highest BCUT2D eigenvalue weighted by molar-refractivity contribution is 7.97. The van der Waals surface area contributed by atoms with Crippen molar-refractivity contribution in [1.29, 1.82) is 0 Å². The first-order valence-electron chi connectivity index (χ1n) is 8.69. The monoisotopic (exact) mass is 445 g/mol. The molecular weight excluding hydrogens is 422 g/mol. The third kappa shape index (κ3) is 4.51. The lowest BCUT2D eigenvalue weighted by Gasteiger charge is -2.19. The quantitative estimate of drug-likeness (QED) is 0.658. The van der Waals surface area contributed by atoms with Gasteiger partial charge in [-0.3, -0.25) is 0 Å². The van der Waals surface area contributed by atoms with Crippen LogP contribution in [0.5, 0.6) is 11.5 Å². The largest absolute Gasteiger partial charge is 0.493 e. The molecule has 0 saturated carbocycles. The fourth-order valence-corrected chi connectivity index (χ4v) is 9.26. The van der Waals surface area contributed by atoms with Gasteiger partial charge in [-0.1, -0.05) is 12.1 Å². The predicted octanol–water partition coefficient (Wildman–Crippen LogP) is 1.54. The third-order valence-electron chi connectivity index (χ3n) is 4.74. The van der Waals surface area contributed by atoms with E-state index in [0.29, 0.717) is 24.5 Å². The van der Waals surface area contributed by atoms with Gasteiger partial charge in [0.05, 0.1) is 31.0 Å². The van der Waals surface area contributed by atoms with E-state index < -0.39 is 31.0 Å². The van der Waals surface area contributed by atoms with Crippen LogP contribution in [-0.2, 0) is 26.1 Å². The molecule has 1 aromatic heterocycles. The second-order valence-corrected chi connectivity index (χ2v) is 12.1. The number of rotatable bonds is 8. The molecule has 2 atom stereocenters. The lowest BCUT2D eigenvalue weighted by molar-refractivity contribution is 0.354. The normalized spacial score (nSPS) is 21.5. The van der Waals surface area contributed by atoms with Gasteiger partial charge in [0.25, 0.3) is 0 Å². The minimum Gasteiger partial charge on any atom is -0.493 e. The van der Waals surface area contributed by atoms with Crippen LogP contribution in [0, 0.1) is 0 Å². The molecule has 1 saturated heterocycles. The number of sulfone groups is 2. The maximum atomic E-state index is 12.9. The van der Waals surface area contributed by atoms with Gasteiger partial charge in [-0.25, -0.2) is 16.8 Å². The van der Waals surface area contributed by atoms with Gasteiger partial charge in [-0.05, 0) is 42.1 Å². The Morgan fingerprint density at radius 1 is 1.14 bits per heavy atom. The first kappa shape index (κ1) is 21.1. The van der Waals surface area contributed by atoms with Crippen molar-refractivity contribution in [2.45, 2.75) is 21.9 Å². The molecular formula is C18H23NO6S3. The fraction of sp³-hybridized carbons (Fsp3) is 0.444. The van der Waals surface area contributed by atoms with Gasteiger partial charge >= 0.3 is 0 Å². The minimum atomic E-state index is -3.69. The molecule has 0 aliphatic carbocycles. The van der Waals surface area contributed by atoms with Gasteiger partial charge in [-0.2, -0.15) is 0 Å². The topological polar surface area (TPSA) is 98.8 Å². The molecule has 0 unspecified atom stereocenters. The van der Waals surface area contributed by atoms with Crippen LogP contribution in [0.15, 0.2) is 39.9 Å². The van der Waals surface area contributed by atoms with Crippen LogP contribution in [0.25, 0.3) is 0 Å².